The number of rotatable bonds is 4. The fraction of sp³-hybridized carbons (Fsp3) is 0.286. The predicted molar refractivity (Wildman–Crippen MR) is 104 cm³/mol. The summed E-state index contributed by atoms with van der Waals surface area (Å²) in [7, 11) is 1.65. The third kappa shape index (κ3) is 3.48. The van der Waals surface area contributed by atoms with Gasteiger partial charge in [0.2, 0.25) is 0 Å². The summed E-state index contributed by atoms with van der Waals surface area (Å²) in [5.41, 5.74) is 1.75. The van der Waals surface area contributed by atoms with Crippen molar-refractivity contribution in [2.24, 2.45) is 0 Å². The van der Waals surface area contributed by atoms with Gasteiger partial charge in [-0.15, -0.1) is 10.2 Å². The third-order valence-corrected chi connectivity index (χ3v) is 5.15. The number of anilines is 1. The SMILES string of the molecule is COc1ccccc1-c1ccc(N2CCC(O)(c3cccnc3)CC2)nn1. The van der Waals surface area contributed by atoms with Gasteiger partial charge < -0.3 is 14.7 Å². The summed E-state index contributed by atoms with van der Waals surface area (Å²) in [6, 6.07) is 15.5. The van der Waals surface area contributed by atoms with Gasteiger partial charge in [0.1, 0.15) is 5.75 Å². The Hall–Kier alpha value is -2.99. The van der Waals surface area contributed by atoms with Crippen LogP contribution in [0, 0.1) is 0 Å². The van der Waals surface area contributed by atoms with Crippen LogP contribution < -0.4 is 9.64 Å². The molecular weight excluding hydrogens is 340 g/mol. The number of benzene rings is 1. The lowest BCUT2D eigenvalue weighted by molar-refractivity contribution is 0.0113. The average Bonchev–Trinajstić information content (AvgIpc) is 2.75. The standard InChI is InChI=1S/C21H22N4O2/c1-27-19-7-3-2-6-17(19)18-8-9-20(24-23-18)25-13-10-21(26,11-14-25)16-5-4-12-22-15-16/h2-9,12,15,26H,10-11,13-14H2,1H3. The molecule has 0 saturated carbocycles. The minimum Gasteiger partial charge on any atom is -0.496 e. The molecule has 6 heteroatoms. The maximum absolute atomic E-state index is 10.9. The second-order valence-corrected chi connectivity index (χ2v) is 6.74. The van der Waals surface area contributed by atoms with Crippen molar-refractivity contribution >= 4 is 5.82 Å². The normalized spacial score (nSPS) is 16.1. The van der Waals surface area contributed by atoms with E-state index in [4.69, 9.17) is 4.74 Å². The van der Waals surface area contributed by atoms with Crippen LogP contribution in [0.15, 0.2) is 60.9 Å². The van der Waals surface area contributed by atoms with Gasteiger partial charge in [-0.05, 0) is 43.2 Å². The number of piperidine rings is 1. The van der Waals surface area contributed by atoms with Crippen LogP contribution in [0.25, 0.3) is 11.3 Å². The van der Waals surface area contributed by atoms with Crippen molar-refractivity contribution in [1.29, 1.82) is 0 Å². The Kier molecular flexibility index (Phi) is 4.73. The van der Waals surface area contributed by atoms with Crippen molar-refractivity contribution in [3.05, 3.63) is 66.5 Å². The van der Waals surface area contributed by atoms with Crippen LogP contribution in [0.5, 0.6) is 5.75 Å². The number of nitrogens with zero attached hydrogens (tertiary/aromatic N) is 4. The molecule has 4 rings (SSSR count). The van der Waals surface area contributed by atoms with Crippen LogP contribution in [-0.4, -0.2) is 40.5 Å². The van der Waals surface area contributed by atoms with Gasteiger partial charge in [-0.25, -0.2) is 0 Å². The summed E-state index contributed by atoms with van der Waals surface area (Å²) >= 11 is 0. The van der Waals surface area contributed by atoms with E-state index in [0.717, 1.165) is 28.4 Å². The van der Waals surface area contributed by atoms with E-state index in [9.17, 15) is 5.11 Å². The van der Waals surface area contributed by atoms with Gasteiger partial charge >= 0.3 is 0 Å². The average molecular weight is 362 g/mol. The largest absolute Gasteiger partial charge is 0.496 e. The third-order valence-electron chi connectivity index (χ3n) is 5.15. The van der Waals surface area contributed by atoms with Crippen molar-refractivity contribution in [2.45, 2.75) is 18.4 Å². The first-order valence-corrected chi connectivity index (χ1v) is 9.04. The number of ether oxygens (including phenoxy) is 1. The molecular formula is C21H22N4O2. The van der Waals surface area contributed by atoms with Crippen LogP contribution in [0.1, 0.15) is 18.4 Å². The molecule has 1 fully saturated rings. The van der Waals surface area contributed by atoms with E-state index in [1.807, 2.05) is 48.5 Å². The van der Waals surface area contributed by atoms with E-state index in [2.05, 4.69) is 20.1 Å². The first-order chi connectivity index (χ1) is 13.2. The maximum Gasteiger partial charge on any atom is 0.151 e. The second-order valence-electron chi connectivity index (χ2n) is 6.74. The minimum absolute atomic E-state index is 0.634. The highest BCUT2D eigenvalue weighted by atomic mass is 16.5. The highest BCUT2D eigenvalue weighted by molar-refractivity contribution is 5.67. The molecule has 1 saturated heterocycles. The van der Waals surface area contributed by atoms with Gasteiger partial charge in [-0.2, -0.15) is 0 Å². The van der Waals surface area contributed by atoms with Crippen molar-refractivity contribution in [1.82, 2.24) is 15.2 Å². The van der Waals surface area contributed by atoms with Crippen molar-refractivity contribution < 1.29 is 9.84 Å². The zero-order chi connectivity index (χ0) is 18.7. The number of aromatic nitrogens is 3. The summed E-state index contributed by atoms with van der Waals surface area (Å²) in [5.74, 6) is 1.60. The van der Waals surface area contributed by atoms with E-state index in [0.29, 0.717) is 25.9 Å². The quantitative estimate of drug-likeness (QED) is 0.769. The zero-order valence-corrected chi connectivity index (χ0v) is 15.2. The molecule has 3 aromatic rings. The lowest BCUT2D eigenvalue weighted by atomic mass is 9.85. The fourth-order valence-electron chi connectivity index (χ4n) is 3.53. The van der Waals surface area contributed by atoms with Gasteiger partial charge in [-0.1, -0.05) is 18.2 Å². The van der Waals surface area contributed by atoms with Crippen LogP contribution >= 0.6 is 0 Å². The Bertz CT molecular complexity index is 892. The number of pyridine rings is 1. The number of methoxy groups -OCH3 is 1. The second kappa shape index (κ2) is 7.32. The molecule has 0 spiro atoms. The smallest absolute Gasteiger partial charge is 0.151 e. The van der Waals surface area contributed by atoms with E-state index in [1.54, 1.807) is 19.5 Å². The number of para-hydroxylation sites is 1. The molecule has 0 atom stereocenters. The van der Waals surface area contributed by atoms with E-state index >= 15 is 0 Å². The topological polar surface area (TPSA) is 71.4 Å². The molecule has 2 aromatic heterocycles. The molecule has 0 aliphatic carbocycles. The summed E-state index contributed by atoms with van der Waals surface area (Å²) in [4.78, 5) is 6.29. The van der Waals surface area contributed by atoms with E-state index in [-0.39, 0.29) is 0 Å². The highest BCUT2D eigenvalue weighted by Crippen LogP contribution is 2.34. The van der Waals surface area contributed by atoms with Crippen molar-refractivity contribution in [3.8, 4) is 17.0 Å². The molecule has 0 unspecified atom stereocenters. The number of aliphatic hydroxyl groups is 1. The predicted octanol–water partition coefficient (Wildman–Crippen LogP) is 3.04. The Balaban J connectivity index is 1.48. The number of hydrogen-bond donors (Lipinski definition) is 1. The lowest BCUT2D eigenvalue weighted by Crippen LogP contribution is -2.43. The van der Waals surface area contributed by atoms with E-state index < -0.39 is 5.60 Å². The first kappa shape index (κ1) is 17.4. The molecule has 0 radical (unpaired) electrons. The van der Waals surface area contributed by atoms with E-state index in [1.165, 1.54) is 0 Å². The highest BCUT2D eigenvalue weighted by Gasteiger charge is 2.34. The maximum atomic E-state index is 10.9. The molecule has 6 nitrogen and oxygen atoms in total. The Morgan fingerprint density at radius 3 is 2.48 bits per heavy atom. The van der Waals surface area contributed by atoms with Crippen LogP contribution in [0.4, 0.5) is 5.82 Å². The Morgan fingerprint density at radius 2 is 1.81 bits per heavy atom. The van der Waals surface area contributed by atoms with Gasteiger partial charge in [0.15, 0.2) is 5.82 Å². The van der Waals surface area contributed by atoms with Crippen molar-refractivity contribution in [3.63, 3.8) is 0 Å². The summed E-state index contributed by atoms with van der Waals surface area (Å²) in [6.45, 7) is 1.43. The lowest BCUT2D eigenvalue weighted by Gasteiger charge is -2.38. The van der Waals surface area contributed by atoms with Gasteiger partial charge in [-0.3, -0.25) is 4.98 Å². The molecule has 3 heterocycles. The van der Waals surface area contributed by atoms with Gasteiger partial charge in [0, 0.05) is 36.6 Å². The molecule has 1 N–H and O–H groups in total. The summed E-state index contributed by atoms with van der Waals surface area (Å²) < 4.78 is 5.40. The van der Waals surface area contributed by atoms with Crippen LogP contribution in [0.3, 0.4) is 0 Å². The monoisotopic (exact) mass is 362 g/mol. The molecule has 138 valence electrons. The number of hydrogen-bond acceptors (Lipinski definition) is 6. The molecule has 0 bridgehead atoms. The molecule has 27 heavy (non-hydrogen) atoms. The van der Waals surface area contributed by atoms with Crippen molar-refractivity contribution in [2.75, 3.05) is 25.1 Å². The zero-order valence-electron chi connectivity index (χ0n) is 15.2. The Labute approximate surface area is 158 Å². The minimum atomic E-state index is -0.824. The van der Waals surface area contributed by atoms with Gasteiger partial charge in [0.25, 0.3) is 0 Å². The fourth-order valence-corrected chi connectivity index (χ4v) is 3.53. The van der Waals surface area contributed by atoms with Crippen LogP contribution in [0.2, 0.25) is 0 Å². The summed E-state index contributed by atoms with van der Waals surface area (Å²) in [6.07, 6.45) is 4.74. The molecule has 0 amide bonds. The molecule has 1 aromatic carbocycles. The Morgan fingerprint density at radius 1 is 1.00 bits per heavy atom. The van der Waals surface area contributed by atoms with Crippen LogP contribution in [-0.2, 0) is 5.60 Å². The first-order valence-electron chi connectivity index (χ1n) is 9.04. The molecule has 1 aliphatic heterocycles. The van der Waals surface area contributed by atoms with Gasteiger partial charge in [0.05, 0.1) is 18.4 Å². The summed E-state index contributed by atoms with van der Waals surface area (Å²) in [5, 5.41) is 19.7. The molecule has 1 aliphatic rings.